The Morgan fingerprint density at radius 2 is 1.95 bits per heavy atom. The van der Waals surface area contributed by atoms with Crippen molar-refractivity contribution in [1.29, 1.82) is 0 Å². The lowest BCUT2D eigenvalue weighted by Gasteiger charge is -2.33. The highest BCUT2D eigenvalue weighted by molar-refractivity contribution is 5.56. The smallest absolute Gasteiger partial charge is 0.393 e. The largest absolute Gasteiger partial charge is 0.418 e. The highest BCUT2D eigenvalue weighted by Crippen LogP contribution is 2.38. The first-order valence-corrected chi connectivity index (χ1v) is 6.69. The average molecular weight is 288 g/mol. The highest BCUT2D eigenvalue weighted by atomic mass is 19.4. The molecule has 20 heavy (non-hydrogen) atoms. The molecule has 2 rings (SSSR count). The molecule has 0 amide bonds. The fraction of sp³-hybridized carbons (Fsp3) is 0.571. The molecule has 6 heteroatoms. The Hall–Kier alpha value is -1.27. The van der Waals surface area contributed by atoms with Gasteiger partial charge in [-0.05, 0) is 37.6 Å². The van der Waals surface area contributed by atoms with Gasteiger partial charge in [-0.25, -0.2) is 0 Å². The van der Waals surface area contributed by atoms with E-state index in [-0.39, 0.29) is 5.69 Å². The summed E-state index contributed by atoms with van der Waals surface area (Å²) in [5, 5.41) is 12.3. The topological polar surface area (TPSA) is 35.5 Å². The number of hydrogen-bond acceptors (Lipinski definition) is 3. The fourth-order valence-corrected chi connectivity index (χ4v) is 2.51. The number of halogens is 3. The first-order valence-electron chi connectivity index (χ1n) is 6.69. The predicted octanol–water partition coefficient (Wildman–Crippen LogP) is 2.39. The van der Waals surface area contributed by atoms with Crippen LogP contribution in [0.25, 0.3) is 0 Å². The van der Waals surface area contributed by atoms with Crippen LogP contribution >= 0.6 is 0 Å². The second kappa shape index (κ2) is 6.01. The Balaban J connectivity index is 2.31. The predicted molar refractivity (Wildman–Crippen MR) is 71.7 cm³/mol. The first-order chi connectivity index (χ1) is 9.41. The van der Waals surface area contributed by atoms with E-state index < -0.39 is 17.8 Å². The molecule has 0 unspecified atom stereocenters. The summed E-state index contributed by atoms with van der Waals surface area (Å²) in [7, 11) is 1.70. The SMILES string of the molecule is CNCc1ccc(N2CCC(O)CC2)c(C(F)(F)F)c1. The number of hydrogen-bond donors (Lipinski definition) is 2. The number of aliphatic hydroxyl groups excluding tert-OH is 1. The maximum absolute atomic E-state index is 13.2. The van der Waals surface area contributed by atoms with Gasteiger partial charge in [-0.2, -0.15) is 13.2 Å². The monoisotopic (exact) mass is 288 g/mol. The number of alkyl halides is 3. The molecule has 1 saturated heterocycles. The molecular formula is C14H19F3N2O. The minimum absolute atomic E-state index is 0.212. The zero-order chi connectivity index (χ0) is 14.8. The van der Waals surface area contributed by atoms with Gasteiger partial charge in [0.05, 0.1) is 11.7 Å². The Labute approximate surface area is 116 Å². The number of anilines is 1. The summed E-state index contributed by atoms with van der Waals surface area (Å²) in [6.07, 6.45) is -3.75. The third kappa shape index (κ3) is 3.43. The molecule has 0 bridgehead atoms. The van der Waals surface area contributed by atoms with Gasteiger partial charge in [-0.1, -0.05) is 6.07 Å². The van der Waals surface area contributed by atoms with E-state index in [1.54, 1.807) is 18.0 Å². The third-order valence-electron chi connectivity index (χ3n) is 3.55. The van der Waals surface area contributed by atoms with Gasteiger partial charge in [-0.3, -0.25) is 0 Å². The number of nitrogens with one attached hydrogen (secondary N) is 1. The summed E-state index contributed by atoms with van der Waals surface area (Å²) in [5.74, 6) is 0. The van der Waals surface area contributed by atoms with E-state index in [4.69, 9.17) is 0 Å². The van der Waals surface area contributed by atoms with E-state index >= 15 is 0 Å². The van der Waals surface area contributed by atoms with Gasteiger partial charge in [0.1, 0.15) is 0 Å². The van der Waals surface area contributed by atoms with E-state index in [2.05, 4.69) is 5.32 Å². The maximum atomic E-state index is 13.2. The highest BCUT2D eigenvalue weighted by Gasteiger charge is 2.35. The van der Waals surface area contributed by atoms with Gasteiger partial charge in [0.15, 0.2) is 0 Å². The van der Waals surface area contributed by atoms with E-state index in [1.807, 2.05) is 0 Å². The summed E-state index contributed by atoms with van der Waals surface area (Å²) in [6.45, 7) is 1.31. The summed E-state index contributed by atoms with van der Waals surface area (Å²) in [6, 6.07) is 4.45. The molecule has 1 aromatic rings. The Morgan fingerprint density at radius 1 is 1.30 bits per heavy atom. The molecule has 0 atom stereocenters. The normalized spacial score (nSPS) is 17.6. The lowest BCUT2D eigenvalue weighted by Crippen LogP contribution is -2.37. The first kappa shape index (κ1) is 15.1. The minimum atomic E-state index is -4.37. The molecule has 112 valence electrons. The van der Waals surface area contributed by atoms with Crippen LogP contribution < -0.4 is 10.2 Å². The fourth-order valence-electron chi connectivity index (χ4n) is 2.51. The van der Waals surface area contributed by atoms with Crippen molar-refractivity contribution in [1.82, 2.24) is 5.32 Å². The summed E-state index contributed by atoms with van der Waals surface area (Å²) >= 11 is 0. The van der Waals surface area contributed by atoms with E-state index in [9.17, 15) is 18.3 Å². The molecule has 1 aromatic carbocycles. The van der Waals surface area contributed by atoms with Crippen molar-refractivity contribution >= 4 is 5.69 Å². The lowest BCUT2D eigenvalue weighted by atomic mass is 10.0. The van der Waals surface area contributed by atoms with Gasteiger partial charge in [-0.15, -0.1) is 0 Å². The molecule has 3 nitrogen and oxygen atoms in total. The van der Waals surface area contributed by atoms with E-state index in [1.165, 1.54) is 12.1 Å². The number of rotatable bonds is 3. The Morgan fingerprint density at radius 3 is 2.50 bits per heavy atom. The van der Waals surface area contributed by atoms with Crippen LogP contribution in [0.1, 0.15) is 24.0 Å². The van der Waals surface area contributed by atoms with Crippen LogP contribution in [-0.2, 0) is 12.7 Å². The molecule has 1 aliphatic heterocycles. The van der Waals surface area contributed by atoms with Gasteiger partial charge in [0.2, 0.25) is 0 Å². The molecule has 0 spiro atoms. The molecule has 0 aliphatic carbocycles. The van der Waals surface area contributed by atoms with Gasteiger partial charge in [0.25, 0.3) is 0 Å². The number of benzene rings is 1. The van der Waals surface area contributed by atoms with Crippen molar-refractivity contribution in [2.75, 3.05) is 25.0 Å². The van der Waals surface area contributed by atoms with Crippen LogP contribution in [-0.4, -0.2) is 31.3 Å². The van der Waals surface area contributed by atoms with Gasteiger partial charge >= 0.3 is 6.18 Å². The third-order valence-corrected chi connectivity index (χ3v) is 3.55. The van der Waals surface area contributed by atoms with Crippen molar-refractivity contribution < 1.29 is 18.3 Å². The standard InChI is InChI=1S/C14H19F3N2O/c1-18-9-10-2-3-13(12(8-10)14(15,16)17)19-6-4-11(20)5-7-19/h2-3,8,11,18,20H,4-7,9H2,1H3. The molecule has 0 saturated carbocycles. The number of nitrogens with zero attached hydrogens (tertiary/aromatic N) is 1. The van der Waals surface area contributed by atoms with E-state index in [0.29, 0.717) is 38.0 Å². The molecule has 1 aliphatic rings. The van der Waals surface area contributed by atoms with E-state index in [0.717, 1.165) is 0 Å². The lowest BCUT2D eigenvalue weighted by molar-refractivity contribution is -0.137. The van der Waals surface area contributed by atoms with Crippen LogP contribution in [0.5, 0.6) is 0 Å². The summed E-state index contributed by atoms with van der Waals surface area (Å²) in [4.78, 5) is 1.71. The molecule has 0 aromatic heterocycles. The molecular weight excluding hydrogens is 269 g/mol. The molecule has 2 N–H and O–H groups in total. The van der Waals surface area contributed by atoms with Crippen LogP contribution in [0, 0.1) is 0 Å². The second-order valence-corrected chi connectivity index (χ2v) is 5.10. The second-order valence-electron chi connectivity index (χ2n) is 5.10. The van der Waals surface area contributed by atoms with Gasteiger partial charge < -0.3 is 15.3 Å². The quantitative estimate of drug-likeness (QED) is 0.896. The van der Waals surface area contributed by atoms with Crippen molar-refractivity contribution in [2.45, 2.75) is 31.7 Å². The molecule has 1 fully saturated rings. The zero-order valence-corrected chi connectivity index (χ0v) is 11.4. The Kier molecular flexibility index (Phi) is 4.55. The van der Waals surface area contributed by atoms with Crippen LogP contribution in [0.15, 0.2) is 18.2 Å². The van der Waals surface area contributed by atoms with Crippen LogP contribution in [0.2, 0.25) is 0 Å². The number of piperidine rings is 1. The summed E-state index contributed by atoms with van der Waals surface area (Å²) < 4.78 is 39.6. The number of aliphatic hydroxyl groups is 1. The Bertz CT molecular complexity index is 454. The van der Waals surface area contributed by atoms with Gasteiger partial charge in [0, 0.05) is 25.3 Å². The van der Waals surface area contributed by atoms with Crippen molar-refractivity contribution in [3.05, 3.63) is 29.3 Å². The van der Waals surface area contributed by atoms with Crippen LogP contribution in [0.3, 0.4) is 0 Å². The van der Waals surface area contributed by atoms with Crippen molar-refractivity contribution in [3.8, 4) is 0 Å². The molecule has 0 radical (unpaired) electrons. The molecule has 1 heterocycles. The van der Waals surface area contributed by atoms with Crippen molar-refractivity contribution in [2.24, 2.45) is 0 Å². The minimum Gasteiger partial charge on any atom is -0.393 e. The zero-order valence-electron chi connectivity index (χ0n) is 11.4. The van der Waals surface area contributed by atoms with Crippen molar-refractivity contribution in [3.63, 3.8) is 0 Å². The maximum Gasteiger partial charge on any atom is 0.418 e. The van der Waals surface area contributed by atoms with Crippen LogP contribution in [0.4, 0.5) is 18.9 Å². The average Bonchev–Trinajstić information content (AvgIpc) is 2.39. The summed E-state index contributed by atoms with van der Waals surface area (Å²) in [5.41, 5.74) is 0.228.